The van der Waals surface area contributed by atoms with Gasteiger partial charge in [0, 0.05) is 28.7 Å². The maximum absolute atomic E-state index is 13.3. The summed E-state index contributed by atoms with van der Waals surface area (Å²) < 4.78 is 6.80. The number of carbonyl (C=O) groups is 2. The maximum Gasteiger partial charge on any atom is 0.356 e. The Morgan fingerprint density at radius 1 is 0.971 bits per heavy atom. The average Bonchev–Trinajstić information content (AvgIpc) is 2.84. The van der Waals surface area contributed by atoms with Crippen LogP contribution in [0.4, 0.5) is 5.69 Å². The summed E-state index contributed by atoms with van der Waals surface area (Å²) >= 11 is 6.13. The zero-order valence-corrected chi connectivity index (χ0v) is 19.7. The fourth-order valence-corrected chi connectivity index (χ4v) is 3.97. The van der Waals surface area contributed by atoms with Gasteiger partial charge in [0.15, 0.2) is 6.10 Å². The van der Waals surface area contributed by atoms with Crippen molar-refractivity contribution >= 4 is 39.9 Å². The quantitative estimate of drug-likeness (QED) is 0.395. The largest absolute Gasteiger partial charge is 0.448 e. The highest BCUT2D eigenvalue weighted by molar-refractivity contribution is 6.31. The van der Waals surface area contributed by atoms with Gasteiger partial charge in [-0.15, -0.1) is 0 Å². The third kappa shape index (κ3) is 4.45. The number of amides is 1. The van der Waals surface area contributed by atoms with E-state index >= 15 is 0 Å². The van der Waals surface area contributed by atoms with Crippen LogP contribution in [0.15, 0.2) is 77.6 Å². The van der Waals surface area contributed by atoms with Crippen LogP contribution in [0, 0.1) is 6.92 Å². The molecule has 0 spiro atoms. The first-order valence-electron chi connectivity index (χ1n) is 10.7. The van der Waals surface area contributed by atoms with Gasteiger partial charge in [-0.25, -0.2) is 4.79 Å². The topological polar surface area (TPSA) is 77.4 Å². The Hall–Kier alpha value is -3.90. The minimum Gasteiger partial charge on any atom is -0.448 e. The molecule has 0 aliphatic carbocycles. The minimum absolute atomic E-state index is 0.0768. The van der Waals surface area contributed by atoms with Crippen LogP contribution in [-0.4, -0.2) is 22.5 Å². The molecule has 0 aliphatic heterocycles. The van der Waals surface area contributed by atoms with Crippen LogP contribution in [-0.2, 0) is 16.6 Å². The molecule has 1 heterocycles. The van der Waals surface area contributed by atoms with Gasteiger partial charge in [0.2, 0.25) is 0 Å². The van der Waals surface area contributed by atoms with Crippen molar-refractivity contribution in [3.8, 4) is 11.1 Å². The number of ether oxygens (including phenoxy) is 1. The van der Waals surface area contributed by atoms with Crippen LogP contribution in [0.1, 0.15) is 23.0 Å². The Morgan fingerprint density at radius 2 is 1.62 bits per heavy atom. The van der Waals surface area contributed by atoms with Crippen molar-refractivity contribution in [2.75, 3.05) is 5.32 Å². The zero-order valence-electron chi connectivity index (χ0n) is 19.0. The van der Waals surface area contributed by atoms with Gasteiger partial charge in [0.25, 0.3) is 11.5 Å². The molecule has 172 valence electrons. The number of aryl methyl sites for hydroxylation is 1. The van der Waals surface area contributed by atoms with E-state index in [0.29, 0.717) is 27.0 Å². The molecule has 3 aromatic carbocycles. The summed E-state index contributed by atoms with van der Waals surface area (Å²) in [6.07, 6.45) is -1.11. The number of pyridine rings is 1. The van der Waals surface area contributed by atoms with Crippen molar-refractivity contribution in [2.24, 2.45) is 7.05 Å². The van der Waals surface area contributed by atoms with E-state index in [-0.39, 0.29) is 11.3 Å². The number of rotatable bonds is 5. The molecule has 1 N–H and O–H groups in total. The van der Waals surface area contributed by atoms with Crippen LogP contribution in [0.25, 0.3) is 21.9 Å². The molecule has 0 saturated carbocycles. The van der Waals surface area contributed by atoms with E-state index in [2.05, 4.69) is 5.32 Å². The lowest BCUT2D eigenvalue weighted by atomic mass is 9.97. The van der Waals surface area contributed by atoms with Gasteiger partial charge in [-0.1, -0.05) is 66.2 Å². The number of esters is 1. The second-order valence-corrected chi connectivity index (χ2v) is 8.41. The van der Waals surface area contributed by atoms with Crippen molar-refractivity contribution < 1.29 is 14.3 Å². The van der Waals surface area contributed by atoms with Crippen molar-refractivity contribution in [1.82, 2.24) is 4.57 Å². The Morgan fingerprint density at radius 3 is 2.29 bits per heavy atom. The van der Waals surface area contributed by atoms with Crippen LogP contribution < -0.4 is 10.9 Å². The number of benzene rings is 3. The summed E-state index contributed by atoms with van der Waals surface area (Å²) in [5, 5.41) is 4.34. The molecule has 1 atom stereocenters. The van der Waals surface area contributed by atoms with Gasteiger partial charge in [-0.05, 0) is 48.6 Å². The molecule has 4 aromatic rings. The molecule has 4 rings (SSSR count). The van der Waals surface area contributed by atoms with Gasteiger partial charge in [0.1, 0.15) is 5.69 Å². The molecule has 0 fully saturated rings. The van der Waals surface area contributed by atoms with E-state index in [4.69, 9.17) is 16.3 Å². The van der Waals surface area contributed by atoms with Crippen LogP contribution >= 0.6 is 11.6 Å². The number of carbonyl (C=O) groups excluding carboxylic acids is 2. The predicted molar refractivity (Wildman–Crippen MR) is 134 cm³/mol. The molecular weight excluding hydrogens is 452 g/mol. The molecule has 1 unspecified atom stereocenters. The number of nitrogens with zero attached hydrogens (tertiary/aromatic N) is 1. The SMILES string of the molecule is Cc1ccc(NC(=O)C(C)OC(=O)c2c(-c3ccccc3)c3ccccc3c(=O)n2C)cc1Cl. The fraction of sp³-hybridized carbons (Fsp3) is 0.148. The molecule has 0 aliphatic rings. The number of fused-ring (bicyclic) bond motifs is 1. The number of hydrogen-bond donors (Lipinski definition) is 1. The lowest BCUT2D eigenvalue weighted by Crippen LogP contribution is -2.32. The molecular formula is C27H23ClN2O4. The highest BCUT2D eigenvalue weighted by Crippen LogP contribution is 2.31. The highest BCUT2D eigenvalue weighted by Gasteiger charge is 2.26. The molecule has 1 aromatic heterocycles. The molecule has 34 heavy (non-hydrogen) atoms. The number of halogens is 1. The third-order valence-electron chi connectivity index (χ3n) is 5.65. The normalized spacial score (nSPS) is 11.8. The van der Waals surface area contributed by atoms with Crippen molar-refractivity contribution in [2.45, 2.75) is 20.0 Å². The Kier molecular flexibility index (Phi) is 6.52. The van der Waals surface area contributed by atoms with Crippen LogP contribution in [0.3, 0.4) is 0 Å². The zero-order chi connectivity index (χ0) is 24.4. The van der Waals surface area contributed by atoms with Gasteiger partial charge in [-0.2, -0.15) is 0 Å². The first-order chi connectivity index (χ1) is 16.3. The van der Waals surface area contributed by atoms with Gasteiger partial charge in [0.05, 0.1) is 0 Å². The van der Waals surface area contributed by atoms with E-state index in [1.807, 2.05) is 43.3 Å². The molecule has 0 bridgehead atoms. The number of anilines is 1. The van der Waals surface area contributed by atoms with E-state index in [1.165, 1.54) is 18.5 Å². The number of aromatic nitrogens is 1. The van der Waals surface area contributed by atoms with Crippen molar-refractivity contribution in [3.63, 3.8) is 0 Å². The standard InChI is InChI=1S/C27H23ClN2O4/c1-16-13-14-19(15-22(16)28)29-25(31)17(2)34-27(33)24-23(18-9-5-4-6-10-18)20-11-7-8-12-21(20)26(32)30(24)3/h4-15,17H,1-3H3,(H,29,31). The Bertz CT molecular complexity index is 1460. The first kappa shape index (κ1) is 23.3. The van der Waals surface area contributed by atoms with Crippen molar-refractivity contribution in [3.05, 3.63) is 99.4 Å². The van der Waals surface area contributed by atoms with Crippen molar-refractivity contribution in [1.29, 1.82) is 0 Å². The third-order valence-corrected chi connectivity index (χ3v) is 6.06. The molecule has 0 saturated heterocycles. The monoisotopic (exact) mass is 474 g/mol. The number of nitrogens with one attached hydrogen (secondary N) is 1. The fourth-order valence-electron chi connectivity index (χ4n) is 3.79. The first-order valence-corrected chi connectivity index (χ1v) is 11.1. The second kappa shape index (κ2) is 9.53. The van der Waals surface area contributed by atoms with Gasteiger partial charge >= 0.3 is 5.97 Å². The smallest absolute Gasteiger partial charge is 0.356 e. The van der Waals surface area contributed by atoms with E-state index < -0.39 is 18.0 Å². The molecule has 6 nitrogen and oxygen atoms in total. The van der Waals surface area contributed by atoms with Gasteiger partial charge < -0.3 is 14.6 Å². The predicted octanol–water partition coefficient (Wildman–Crippen LogP) is 5.35. The highest BCUT2D eigenvalue weighted by atomic mass is 35.5. The summed E-state index contributed by atoms with van der Waals surface area (Å²) in [6, 6.07) is 21.5. The summed E-state index contributed by atoms with van der Waals surface area (Å²) in [6.45, 7) is 3.33. The molecule has 7 heteroatoms. The molecule has 0 radical (unpaired) electrons. The maximum atomic E-state index is 13.3. The lowest BCUT2D eigenvalue weighted by molar-refractivity contribution is -0.123. The van der Waals surface area contributed by atoms with Gasteiger partial charge in [-0.3, -0.25) is 9.59 Å². The van der Waals surface area contributed by atoms with Crippen LogP contribution in [0.5, 0.6) is 0 Å². The average molecular weight is 475 g/mol. The second-order valence-electron chi connectivity index (χ2n) is 8.00. The number of hydrogen-bond acceptors (Lipinski definition) is 4. The van der Waals surface area contributed by atoms with E-state index in [1.54, 1.807) is 36.4 Å². The lowest BCUT2D eigenvalue weighted by Gasteiger charge is -2.19. The summed E-state index contributed by atoms with van der Waals surface area (Å²) in [4.78, 5) is 39.1. The minimum atomic E-state index is -1.11. The summed E-state index contributed by atoms with van der Waals surface area (Å²) in [7, 11) is 1.52. The Labute approximate surface area is 201 Å². The summed E-state index contributed by atoms with van der Waals surface area (Å²) in [5.41, 5.74) is 2.45. The van der Waals surface area contributed by atoms with Crippen LogP contribution in [0.2, 0.25) is 5.02 Å². The molecule has 1 amide bonds. The van der Waals surface area contributed by atoms with E-state index in [0.717, 1.165) is 11.1 Å². The van der Waals surface area contributed by atoms with E-state index in [9.17, 15) is 14.4 Å². The summed E-state index contributed by atoms with van der Waals surface area (Å²) in [5.74, 6) is -1.28. The Balaban J connectivity index is 1.71.